The molecule has 2 aromatic rings. The van der Waals surface area contributed by atoms with Gasteiger partial charge >= 0.3 is 5.84 Å². The summed E-state index contributed by atoms with van der Waals surface area (Å²) >= 11 is 0. The lowest BCUT2D eigenvalue weighted by Crippen LogP contribution is -2.41. The third-order valence-electron chi connectivity index (χ3n) is 7.17. The van der Waals surface area contributed by atoms with Crippen molar-refractivity contribution in [3.8, 4) is 5.69 Å². The largest absolute Gasteiger partial charge is 0.364 e. The Morgan fingerprint density at radius 2 is 1.82 bits per heavy atom. The Hall–Kier alpha value is -3.13. The minimum Gasteiger partial charge on any atom is -0.364 e. The molecule has 8 heteroatoms. The Labute approximate surface area is 193 Å². The van der Waals surface area contributed by atoms with Crippen LogP contribution in [0.25, 0.3) is 11.4 Å². The molecule has 4 heterocycles. The van der Waals surface area contributed by atoms with Gasteiger partial charge in [0.15, 0.2) is 12.0 Å². The van der Waals surface area contributed by atoms with Gasteiger partial charge in [-0.1, -0.05) is 9.81 Å². The molecule has 4 aliphatic rings. The van der Waals surface area contributed by atoms with Crippen LogP contribution in [0.2, 0.25) is 0 Å². The van der Waals surface area contributed by atoms with E-state index < -0.39 is 0 Å². The molecule has 0 radical (unpaired) electrons. The van der Waals surface area contributed by atoms with Crippen LogP contribution in [0.4, 0.5) is 4.39 Å². The molecule has 1 saturated heterocycles. The first-order chi connectivity index (χ1) is 16.2. The molecule has 0 bridgehead atoms. The van der Waals surface area contributed by atoms with Crippen molar-refractivity contribution in [3.05, 3.63) is 66.1 Å². The maximum Gasteiger partial charge on any atom is 0.328 e. The minimum absolute atomic E-state index is 0.258. The predicted molar refractivity (Wildman–Crippen MR) is 124 cm³/mol. The third-order valence-corrected chi connectivity index (χ3v) is 7.17. The topological polar surface area (TPSA) is 60.8 Å². The summed E-state index contributed by atoms with van der Waals surface area (Å²) in [7, 11) is 0. The highest BCUT2D eigenvalue weighted by atomic mass is 19.1. The number of aliphatic imine (C=N–C) groups is 1. The van der Waals surface area contributed by atoms with Gasteiger partial charge < -0.3 is 10.2 Å². The van der Waals surface area contributed by atoms with Crippen molar-refractivity contribution in [2.75, 3.05) is 13.1 Å². The molecule has 0 unspecified atom stereocenters. The number of rotatable bonds is 5. The first-order valence-electron chi connectivity index (χ1n) is 12.0. The van der Waals surface area contributed by atoms with E-state index in [1.165, 1.54) is 63.7 Å². The van der Waals surface area contributed by atoms with E-state index in [2.05, 4.69) is 26.4 Å². The molecule has 33 heavy (non-hydrogen) atoms. The molecule has 3 aliphatic heterocycles. The van der Waals surface area contributed by atoms with E-state index in [9.17, 15) is 4.39 Å². The fourth-order valence-electron chi connectivity index (χ4n) is 5.35. The Kier molecular flexibility index (Phi) is 5.38. The van der Waals surface area contributed by atoms with E-state index in [-0.39, 0.29) is 5.82 Å². The number of nitrogens with one attached hydrogen (secondary N) is 1. The summed E-state index contributed by atoms with van der Waals surface area (Å²) in [6, 6.07) is 7.56. The Bertz CT molecular complexity index is 1140. The molecule has 1 aromatic carbocycles. The maximum atomic E-state index is 13.2. The monoisotopic (exact) mass is 446 g/mol. The van der Waals surface area contributed by atoms with Gasteiger partial charge in [-0.25, -0.2) is 9.07 Å². The van der Waals surface area contributed by atoms with Crippen LogP contribution in [-0.4, -0.2) is 50.4 Å². The Morgan fingerprint density at radius 1 is 1.03 bits per heavy atom. The molecule has 170 valence electrons. The molecule has 0 atom stereocenters. The van der Waals surface area contributed by atoms with Crippen molar-refractivity contribution >= 4 is 11.5 Å². The lowest BCUT2D eigenvalue weighted by molar-refractivity contribution is -0.379. The summed E-state index contributed by atoms with van der Waals surface area (Å²) in [5, 5.41) is 13.0. The number of likely N-dealkylation sites (tertiary alicyclic amines) is 1. The van der Waals surface area contributed by atoms with Crippen molar-refractivity contribution in [1.29, 1.82) is 0 Å². The zero-order chi connectivity index (χ0) is 22.2. The maximum absolute atomic E-state index is 13.2. The predicted octanol–water partition coefficient (Wildman–Crippen LogP) is 4.43. The molecule has 7 nitrogen and oxygen atoms in total. The molecular formula is C25H29FN7+. The molecule has 0 amide bonds. The summed E-state index contributed by atoms with van der Waals surface area (Å²) in [6.45, 7) is 2.57. The normalized spacial score (nSPS) is 25.2. The van der Waals surface area contributed by atoms with Crippen molar-refractivity contribution in [3.63, 3.8) is 0 Å². The van der Waals surface area contributed by atoms with E-state index in [0.717, 1.165) is 41.1 Å². The van der Waals surface area contributed by atoms with E-state index >= 15 is 0 Å². The average molecular weight is 447 g/mol. The standard InChI is InChI=1S/C25H29FN7/c26-19-3-7-22(8-4-19)32-17-18(15-28-32)23-16-27-25-12-11-24(30-33(23)25)29-20-5-9-21(10-6-20)31-13-1-2-14-31/h3-4,7-8,11,15-17,20-21,29H,1-2,5-6,9-10,12-14H2/q+1. The number of aromatic nitrogens is 2. The van der Waals surface area contributed by atoms with Crippen molar-refractivity contribution in [2.24, 2.45) is 10.1 Å². The molecule has 1 saturated carbocycles. The number of hydrogen-bond acceptors (Lipinski definition) is 5. The van der Waals surface area contributed by atoms with Gasteiger partial charge in [0, 0.05) is 18.3 Å². The second-order valence-electron chi connectivity index (χ2n) is 9.31. The lowest BCUT2D eigenvalue weighted by Gasteiger charge is -2.35. The van der Waals surface area contributed by atoms with Gasteiger partial charge in [0.25, 0.3) is 0 Å². The molecule has 1 aromatic heterocycles. The van der Waals surface area contributed by atoms with Crippen LogP contribution in [-0.2, 0) is 0 Å². The van der Waals surface area contributed by atoms with E-state index in [4.69, 9.17) is 5.11 Å². The number of hydrogen-bond donors (Lipinski definition) is 1. The van der Waals surface area contributed by atoms with Crippen LogP contribution in [0.15, 0.2) is 64.9 Å². The summed E-state index contributed by atoms with van der Waals surface area (Å²) in [5.41, 5.74) is 2.64. The van der Waals surface area contributed by atoms with Crippen LogP contribution in [0.1, 0.15) is 50.5 Å². The summed E-state index contributed by atoms with van der Waals surface area (Å²) < 4.78 is 16.9. The fourth-order valence-corrected chi connectivity index (χ4v) is 5.35. The molecule has 0 spiro atoms. The quantitative estimate of drug-likeness (QED) is 0.692. The second kappa shape index (κ2) is 8.67. The lowest BCUT2D eigenvalue weighted by atomic mass is 9.90. The van der Waals surface area contributed by atoms with E-state index in [1.54, 1.807) is 23.0 Å². The van der Waals surface area contributed by atoms with Crippen LogP contribution in [0, 0.1) is 5.82 Å². The SMILES string of the molecule is Fc1ccc(-n2cc(C3=CN=C4CC=C(NC5CCC(N6CCCC6)CC5)N=[N+]34)cn2)cc1. The molecule has 1 aliphatic carbocycles. The number of azo groups is 2. The summed E-state index contributed by atoms with van der Waals surface area (Å²) in [6.07, 6.45) is 16.1. The van der Waals surface area contributed by atoms with Gasteiger partial charge in [-0.15, -0.1) is 0 Å². The number of nitrogens with zero attached hydrogens (tertiary/aromatic N) is 6. The van der Waals surface area contributed by atoms with Crippen LogP contribution >= 0.6 is 0 Å². The summed E-state index contributed by atoms with van der Waals surface area (Å²) in [5.74, 6) is 1.59. The molecule has 6 rings (SSSR count). The molecule has 2 fully saturated rings. The second-order valence-corrected chi connectivity index (χ2v) is 9.31. The van der Waals surface area contributed by atoms with Gasteiger partial charge in [0.1, 0.15) is 5.82 Å². The fraction of sp³-hybridized carbons (Fsp3) is 0.440. The van der Waals surface area contributed by atoms with Crippen molar-refractivity contribution in [1.82, 2.24) is 20.0 Å². The minimum atomic E-state index is -0.258. The van der Waals surface area contributed by atoms with Crippen molar-refractivity contribution in [2.45, 2.75) is 57.0 Å². The zero-order valence-corrected chi connectivity index (χ0v) is 18.7. The highest BCUT2D eigenvalue weighted by Gasteiger charge is 2.33. The molecule has 1 N–H and O–H groups in total. The first kappa shape index (κ1) is 20.5. The van der Waals surface area contributed by atoms with Crippen molar-refractivity contribution < 1.29 is 9.09 Å². The first-order valence-corrected chi connectivity index (χ1v) is 12.0. The highest BCUT2D eigenvalue weighted by Crippen LogP contribution is 2.29. The zero-order valence-electron chi connectivity index (χ0n) is 18.7. The van der Waals surface area contributed by atoms with E-state index in [0.29, 0.717) is 6.04 Å². The number of halogens is 1. The average Bonchev–Trinajstić information content (AvgIpc) is 3.60. The van der Waals surface area contributed by atoms with Gasteiger partial charge in [0.2, 0.25) is 5.70 Å². The molecular weight excluding hydrogens is 417 g/mol. The Morgan fingerprint density at radius 3 is 2.61 bits per heavy atom. The van der Waals surface area contributed by atoms with Crippen LogP contribution < -0.4 is 5.32 Å². The number of amidine groups is 1. The van der Waals surface area contributed by atoms with E-state index in [1.807, 2.05) is 17.1 Å². The smallest absolute Gasteiger partial charge is 0.328 e. The number of benzene rings is 1. The summed E-state index contributed by atoms with van der Waals surface area (Å²) in [4.78, 5) is 7.26. The van der Waals surface area contributed by atoms with Crippen LogP contribution in [0.5, 0.6) is 0 Å². The third kappa shape index (κ3) is 4.15. The number of fused-ring (bicyclic) bond motifs is 1. The van der Waals surface area contributed by atoms with Crippen LogP contribution in [0.3, 0.4) is 0 Å². The van der Waals surface area contributed by atoms with Gasteiger partial charge in [0.05, 0.1) is 23.9 Å². The highest BCUT2D eigenvalue weighted by molar-refractivity contribution is 5.85. The van der Waals surface area contributed by atoms with Gasteiger partial charge in [-0.2, -0.15) is 5.10 Å². The van der Waals surface area contributed by atoms with Gasteiger partial charge in [-0.3, -0.25) is 0 Å². The Balaban J connectivity index is 1.12. The van der Waals surface area contributed by atoms with Gasteiger partial charge in [-0.05, 0) is 86.9 Å².